The van der Waals surface area contributed by atoms with Crippen LogP contribution in [-0.2, 0) is 0 Å². The molecule has 2 nitrogen and oxygen atoms in total. The van der Waals surface area contributed by atoms with Crippen molar-refractivity contribution < 1.29 is 5.11 Å². The number of nitrogens with one attached hydrogen (secondary N) is 1. The molecule has 1 fully saturated rings. The second kappa shape index (κ2) is 7.24. The molecule has 1 aliphatic rings. The van der Waals surface area contributed by atoms with Crippen LogP contribution in [0.2, 0.25) is 0 Å². The van der Waals surface area contributed by atoms with Crippen LogP contribution in [0.3, 0.4) is 0 Å². The topological polar surface area (TPSA) is 32.3 Å². The highest BCUT2D eigenvalue weighted by Crippen LogP contribution is 2.40. The van der Waals surface area contributed by atoms with Crippen molar-refractivity contribution in [2.45, 2.75) is 58.3 Å². The smallest absolute Gasteiger partial charge is 0.0431 e. The highest BCUT2D eigenvalue weighted by atomic mass is 16.2. The number of unbranched alkanes of at least 4 members (excludes halogenated alkanes) is 2. The molecule has 15 heavy (non-hydrogen) atoms. The lowest BCUT2D eigenvalue weighted by atomic mass is 9.83. The zero-order valence-electron chi connectivity index (χ0n) is 10.2. The van der Waals surface area contributed by atoms with Crippen LogP contribution in [0.25, 0.3) is 0 Å². The molecule has 0 radical (unpaired) electrons. The van der Waals surface area contributed by atoms with Crippen LogP contribution in [0, 0.1) is 5.41 Å². The Morgan fingerprint density at radius 2 is 1.87 bits per heavy atom. The summed E-state index contributed by atoms with van der Waals surface area (Å²) in [6, 6.07) is 0. The van der Waals surface area contributed by atoms with E-state index in [9.17, 15) is 0 Å². The van der Waals surface area contributed by atoms with E-state index >= 15 is 0 Å². The third-order valence-corrected chi connectivity index (χ3v) is 3.93. The minimum atomic E-state index is 0.346. The minimum Gasteiger partial charge on any atom is -0.396 e. The van der Waals surface area contributed by atoms with Gasteiger partial charge in [-0.2, -0.15) is 0 Å². The molecular weight excluding hydrogens is 186 g/mol. The molecule has 1 aliphatic carbocycles. The minimum absolute atomic E-state index is 0.346. The van der Waals surface area contributed by atoms with E-state index in [1.54, 1.807) is 0 Å². The van der Waals surface area contributed by atoms with Gasteiger partial charge in [0, 0.05) is 13.2 Å². The summed E-state index contributed by atoms with van der Waals surface area (Å²) in [5.74, 6) is 0. The van der Waals surface area contributed by atoms with Crippen LogP contribution >= 0.6 is 0 Å². The summed E-state index contributed by atoms with van der Waals surface area (Å²) >= 11 is 0. The first kappa shape index (κ1) is 13.0. The van der Waals surface area contributed by atoms with E-state index in [4.69, 9.17) is 5.11 Å². The Morgan fingerprint density at radius 3 is 2.47 bits per heavy atom. The lowest BCUT2D eigenvalue weighted by Crippen LogP contribution is -2.32. The molecule has 0 atom stereocenters. The van der Waals surface area contributed by atoms with Gasteiger partial charge in [0.15, 0.2) is 0 Å². The molecule has 90 valence electrons. The lowest BCUT2D eigenvalue weighted by Gasteiger charge is -2.27. The molecule has 0 aromatic rings. The number of rotatable bonds is 8. The fraction of sp³-hybridized carbons (Fsp3) is 1.00. The van der Waals surface area contributed by atoms with Crippen molar-refractivity contribution in [3.63, 3.8) is 0 Å². The largest absolute Gasteiger partial charge is 0.396 e. The van der Waals surface area contributed by atoms with Gasteiger partial charge in [0.05, 0.1) is 0 Å². The van der Waals surface area contributed by atoms with Crippen LogP contribution in [0.4, 0.5) is 0 Å². The Kier molecular flexibility index (Phi) is 6.26. The predicted octanol–water partition coefficient (Wildman–Crippen LogP) is 2.71. The Balaban J connectivity index is 2.02. The molecule has 0 aliphatic heterocycles. The van der Waals surface area contributed by atoms with Gasteiger partial charge in [-0.3, -0.25) is 0 Å². The van der Waals surface area contributed by atoms with Crippen molar-refractivity contribution in [3.8, 4) is 0 Å². The zero-order valence-corrected chi connectivity index (χ0v) is 10.2. The standard InChI is InChI=1S/C13H27NO/c1-2-13(8-4-5-9-13)12-14-10-6-3-7-11-15/h14-15H,2-12H2,1H3. The lowest BCUT2D eigenvalue weighted by molar-refractivity contribution is 0.264. The highest BCUT2D eigenvalue weighted by Gasteiger charge is 2.31. The molecule has 0 saturated heterocycles. The maximum Gasteiger partial charge on any atom is 0.0431 e. The number of hydrogen-bond donors (Lipinski definition) is 2. The predicted molar refractivity (Wildman–Crippen MR) is 65.0 cm³/mol. The molecule has 2 N–H and O–H groups in total. The Hall–Kier alpha value is -0.0800. The van der Waals surface area contributed by atoms with Crippen LogP contribution in [0.1, 0.15) is 58.3 Å². The molecule has 0 heterocycles. The van der Waals surface area contributed by atoms with Crippen LogP contribution in [0.5, 0.6) is 0 Å². The van der Waals surface area contributed by atoms with Gasteiger partial charge in [-0.25, -0.2) is 0 Å². The Labute approximate surface area is 94.5 Å². The maximum atomic E-state index is 8.65. The number of aliphatic hydroxyl groups excluding tert-OH is 1. The van der Waals surface area contributed by atoms with Crippen molar-refractivity contribution in [3.05, 3.63) is 0 Å². The van der Waals surface area contributed by atoms with Gasteiger partial charge < -0.3 is 10.4 Å². The molecule has 0 unspecified atom stereocenters. The highest BCUT2D eigenvalue weighted by molar-refractivity contribution is 4.85. The van der Waals surface area contributed by atoms with Crippen molar-refractivity contribution in [2.24, 2.45) is 5.41 Å². The van der Waals surface area contributed by atoms with E-state index in [1.165, 1.54) is 45.1 Å². The summed E-state index contributed by atoms with van der Waals surface area (Å²) in [5.41, 5.74) is 0.622. The normalized spacial score (nSPS) is 19.6. The summed E-state index contributed by atoms with van der Waals surface area (Å²) < 4.78 is 0. The zero-order chi connectivity index (χ0) is 11.0. The molecule has 1 rings (SSSR count). The average Bonchev–Trinajstić information content (AvgIpc) is 2.73. The van der Waals surface area contributed by atoms with Gasteiger partial charge in [-0.15, -0.1) is 0 Å². The third-order valence-electron chi connectivity index (χ3n) is 3.93. The van der Waals surface area contributed by atoms with Crippen molar-refractivity contribution >= 4 is 0 Å². The molecule has 2 heteroatoms. The van der Waals surface area contributed by atoms with Crippen molar-refractivity contribution in [1.29, 1.82) is 0 Å². The van der Waals surface area contributed by atoms with Gasteiger partial charge in [-0.1, -0.05) is 19.8 Å². The molecular formula is C13H27NO. The summed E-state index contributed by atoms with van der Waals surface area (Å²) in [6.45, 7) is 5.02. The fourth-order valence-corrected chi connectivity index (χ4v) is 2.67. The van der Waals surface area contributed by atoms with E-state index < -0.39 is 0 Å². The van der Waals surface area contributed by atoms with Crippen molar-refractivity contribution in [1.82, 2.24) is 5.32 Å². The first-order chi connectivity index (χ1) is 7.33. The molecule has 0 amide bonds. The fourth-order valence-electron chi connectivity index (χ4n) is 2.67. The van der Waals surface area contributed by atoms with Crippen LogP contribution in [0.15, 0.2) is 0 Å². The van der Waals surface area contributed by atoms with Crippen molar-refractivity contribution in [2.75, 3.05) is 19.7 Å². The maximum absolute atomic E-state index is 8.65. The summed E-state index contributed by atoms with van der Waals surface area (Å²) in [7, 11) is 0. The first-order valence-electron chi connectivity index (χ1n) is 6.64. The van der Waals surface area contributed by atoms with Gasteiger partial charge in [0.2, 0.25) is 0 Å². The molecule has 0 bridgehead atoms. The van der Waals surface area contributed by atoms with Gasteiger partial charge in [-0.05, 0) is 50.5 Å². The van der Waals surface area contributed by atoms with E-state index in [0.29, 0.717) is 12.0 Å². The van der Waals surface area contributed by atoms with Crippen LogP contribution in [-0.4, -0.2) is 24.8 Å². The SMILES string of the molecule is CCC1(CNCCCCCO)CCCC1. The van der Waals surface area contributed by atoms with Gasteiger partial charge in [0.1, 0.15) is 0 Å². The van der Waals surface area contributed by atoms with E-state index in [2.05, 4.69) is 12.2 Å². The van der Waals surface area contributed by atoms with Gasteiger partial charge in [0.25, 0.3) is 0 Å². The monoisotopic (exact) mass is 213 g/mol. The van der Waals surface area contributed by atoms with E-state index in [0.717, 1.165) is 19.4 Å². The Bertz CT molecular complexity index is 153. The molecule has 0 aromatic heterocycles. The average molecular weight is 213 g/mol. The number of aliphatic hydroxyl groups is 1. The first-order valence-corrected chi connectivity index (χ1v) is 6.64. The van der Waals surface area contributed by atoms with Crippen LogP contribution < -0.4 is 5.32 Å². The second-order valence-electron chi connectivity index (χ2n) is 5.02. The van der Waals surface area contributed by atoms with E-state index in [-0.39, 0.29) is 0 Å². The van der Waals surface area contributed by atoms with Gasteiger partial charge >= 0.3 is 0 Å². The van der Waals surface area contributed by atoms with E-state index in [1.807, 2.05) is 0 Å². The quantitative estimate of drug-likeness (QED) is 0.608. The molecule has 0 spiro atoms. The summed E-state index contributed by atoms with van der Waals surface area (Å²) in [4.78, 5) is 0. The number of hydrogen-bond acceptors (Lipinski definition) is 2. The summed E-state index contributed by atoms with van der Waals surface area (Å²) in [6.07, 6.45) is 10.4. The summed E-state index contributed by atoms with van der Waals surface area (Å²) in [5, 5.41) is 12.3. The third kappa shape index (κ3) is 4.52. The Morgan fingerprint density at radius 1 is 1.13 bits per heavy atom. The second-order valence-corrected chi connectivity index (χ2v) is 5.02. The molecule has 1 saturated carbocycles. The molecule has 0 aromatic carbocycles.